The number of fused-ring (bicyclic) bond motifs is 1. The maximum Gasteiger partial charge on any atom is 0.251 e. The first-order valence-electron chi connectivity index (χ1n) is 10.4. The maximum atomic E-state index is 13.3. The monoisotopic (exact) mass is 451 g/mol. The molecular formula is C25H23F2N3O3. The van der Waals surface area contributed by atoms with Crippen LogP contribution in [-0.2, 0) is 4.79 Å². The number of aromatic nitrogens is 2. The Kier molecular flexibility index (Phi) is 6.53. The third-order valence-electron chi connectivity index (χ3n) is 5.26. The van der Waals surface area contributed by atoms with Crippen molar-refractivity contribution in [2.24, 2.45) is 0 Å². The number of halogens is 2. The second kappa shape index (κ2) is 9.68. The van der Waals surface area contributed by atoms with Crippen LogP contribution in [-0.4, -0.2) is 35.5 Å². The number of carbonyl (C=O) groups is 1. The zero-order valence-electron chi connectivity index (χ0n) is 18.2. The second-order valence-corrected chi connectivity index (χ2v) is 7.56. The molecule has 0 aliphatic rings. The van der Waals surface area contributed by atoms with Crippen LogP contribution in [0.25, 0.3) is 16.6 Å². The van der Waals surface area contributed by atoms with Gasteiger partial charge >= 0.3 is 0 Å². The molecule has 0 saturated heterocycles. The van der Waals surface area contributed by atoms with E-state index in [4.69, 9.17) is 9.47 Å². The first-order chi connectivity index (χ1) is 16.0. The van der Waals surface area contributed by atoms with Gasteiger partial charge in [-0.3, -0.25) is 4.79 Å². The summed E-state index contributed by atoms with van der Waals surface area (Å²) < 4.78 is 39.4. The van der Waals surface area contributed by atoms with Gasteiger partial charge in [0.2, 0.25) is 0 Å². The van der Waals surface area contributed by atoms with Crippen molar-refractivity contribution in [3.63, 3.8) is 0 Å². The quantitative estimate of drug-likeness (QED) is 0.419. The largest absolute Gasteiger partial charge is 0.497 e. The molecule has 33 heavy (non-hydrogen) atoms. The van der Waals surface area contributed by atoms with Gasteiger partial charge in [0.25, 0.3) is 5.91 Å². The molecule has 170 valence electrons. The lowest BCUT2D eigenvalue weighted by Crippen LogP contribution is -2.39. The van der Waals surface area contributed by atoms with Gasteiger partial charge in [0, 0.05) is 5.39 Å². The molecule has 1 N–H and O–H groups in total. The molecule has 0 spiro atoms. The molecule has 1 amide bonds. The fourth-order valence-corrected chi connectivity index (χ4v) is 3.66. The summed E-state index contributed by atoms with van der Waals surface area (Å²) in [4.78, 5) is 11.7. The minimum absolute atomic E-state index is 0.316. The Balaban J connectivity index is 1.65. The summed E-state index contributed by atoms with van der Waals surface area (Å²) in [5.74, 6) is 0.162. The van der Waals surface area contributed by atoms with E-state index < -0.39 is 24.7 Å². The topological polar surface area (TPSA) is 65.4 Å². The summed E-state index contributed by atoms with van der Waals surface area (Å²) in [6.07, 6.45) is 1.10. The molecule has 0 saturated carbocycles. The predicted molar refractivity (Wildman–Crippen MR) is 121 cm³/mol. The standard InChI is InChI=1S/C25H23F2N3O3/c1-16(29-24(31)14-26)25(17-4-3-5-21(12-17)32-2)33-22-10-11-23-18(13-22)15-28-30(23)20-8-6-19(27)7-9-20/h3-13,15-16,25H,14H2,1-2H3,(H,29,31)/t16-,25+/m0/s1. The van der Waals surface area contributed by atoms with Crippen molar-refractivity contribution in [2.75, 3.05) is 13.8 Å². The first-order valence-corrected chi connectivity index (χ1v) is 10.4. The van der Waals surface area contributed by atoms with Crippen LogP contribution in [0.4, 0.5) is 8.78 Å². The van der Waals surface area contributed by atoms with Gasteiger partial charge in [-0.2, -0.15) is 5.10 Å². The summed E-state index contributed by atoms with van der Waals surface area (Å²) >= 11 is 0. The van der Waals surface area contributed by atoms with Gasteiger partial charge in [-0.05, 0) is 67.1 Å². The summed E-state index contributed by atoms with van der Waals surface area (Å²) in [6.45, 7) is 0.645. The minimum atomic E-state index is -1.11. The van der Waals surface area contributed by atoms with Crippen molar-refractivity contribution in [3.05, 3.63) is 84.3 Å². The van der Waals surface area contributed by atoms with Gasteiger partial charge in [0.05, 0.1) is 30.6 Å². The molecule has 2 atom stereocenters. The molecule has 0 radical (unpaired) electrons. The normalized spacial score (nSPS) is 12.8. The highest BCUT2D eigenvalue weighted by molar-refractivity contribution is 5.81. The number of nitrogens with one attached hydrogen (secondary N) is 1. The number of methoxy groups -OCH3 is 1. The third-order valence-corrected chi connectivity index (χ3v) is 5.26. The predicted octanol–water partition coefficient (Wildman–Crippen LogP) is 4.77. The van der Waals surface area contributed by atoms with Gasteiger partial charge < -0.3 is 14.8 Å². The van der Waals surface area contributed by atoms with Gasteiger partial charge in [0.15, 0.2) is 6.67 Å². The Morgan fingerprint density at radius 1 is 1.09 bits per heavy atom. The highest BCUT2D eigenvalue weighted by Gasteiger charge is 2.24. The number of ether oxygens (including phenoxy) is 2. The zero-order valence-corrected chi connectivity index (χ0v) is 18.2. The van der Waals surface area contributed by atoms with Crippen molar-refractivity contribution in [1.82, 2.24) is 15.1 Å². The van der Waals surface area contributed by atoms with Crippen LogP contribution in [0.3, 0.4) is 0 Å². The van der Waals surface area contributed by atoms with E-state index in [1.165, 1.54) is 12.1 Å². The lowest BCUT2D eigenvalue weighted by molar-refractivity contribution is -0.123. The molecule has 8 heteroatoms. The summed E-state index contributed by atoms with van der Waals surface area (Å²) in [6, 6.07) is 18.3. The third kappa shape index (κ3) is 4.95. The van der Waals surface area contributed by atoms with Crippen LogP contribution in [0.2, 0.25) is 0 Å². The fourth-order valence-electron chi connectivity index (χ4n) is 3.66. The van der Waals surface area contributed by atoms with Crippen molar-refractivity contribution in [1.29, 1.82) is 0 Å². The van der Waals surface area contributed by atoms with Crippen LogP contribution >= 0.6 is 0 Å². The van der Waals surface area contributed by atoms with E-state index >= 15 is 0 Å². The lowest BCUT2D eigenvalue weighted by Gasteiger charge is -2.26. The maximum absolute atomic E-state index is 13.3. The number of rotatable bonds is 8. The molecule has 1 heterocycles. The average molecular weight is 451 g/mol. The van der Waals surface area contributed by atoms with Crippen LogP contribution < -0.4 is 14.8 Å². The van der Waals surface area contributed by atoms with Gasteiger partial charge in [0.1, 0.15) is 23.4 Å². The van der Waals surface area contributed by atoms with E-state index in [2.05, 4.69) is 10.4 Å². The Morgan fingerprint density at radius 3 is 2.61 bits per heavy atom. The summed E-state index contributed by atoms with van der Waals surface area (Å²) in [7, 11) is 1.57. The molecule has 3 aromatic carbocycles. The number of amides is 1. The van der Waals surface area contributed by atoms with Crippen molar-refractivity contribution in [2.45, 2.75) is 19.1 Å². The Hall–Kier alpha value is -3.94. The number of alkyl halides is 1. The number of benzene rings is 3. The smallest absolute Gasteiger partial charge is 0.251 e. The van der Waals surface area contributed by atoms with Crippen LogP contribution in [0.5, 0.6) is 11.5 Å². The molecule has 0 bridgehead atoms. The van der Waals surface area contributed by atoms with Crippen LogP contribution in [0.1, 0.15) is 18.6 Å². The first kappa shape index (κ1) is 22.3. The molecule has 1 aromatic heterocycles. The van der Waals surface area contributed by atoms with Gasteiger partial charge in [-0.1, -0.05) is 12.1 Å². The Bertz CT molecular complexity index is 1260. The highest BCUT2D eigenvalue weighted by atomic mass is 19.1. The molecule has 0 fully saturated rings. The molecule has 0 aliphatic carbocycles. The lowest BCUT2D eigenvalue weighted by atomic mass is 10.0. The number of hydrogen-bond acceptors (Lipinski definition) is 4. The number of hydrogen-bond donors (Lipinski definition) is 1. The fraction of sp³-hybridized carbons (Fsp3) is 0.200. The molecule has 4 aromatic rings. The molecule has 4 rings (SSSR count). The van der Waals surface area contributed by atoms with E-state index in [1.54, 1.807) is 49.2 Å². The van der Waals surface area contributed by atoms with Gasteiger partial charge in [-0.15, -0.1) is 0 Å². The Morgan fingerprint density at radius 2 is 1.88 bits per heavy atom. The highest BCUT2D eigenvalue weighted by Crippen LogP contribution is 2.30. The van der Waals surface area contributed by atoms with Crippen LogP contribution in [0, 0.1) is 5.82 Å². The molecular weight excluding hydrogens is 428 g/mol. The van der Waals surface area contributed by atoms with E-state index in [-0.39, 0.29) is 5.82 Å². The Labute approximate surface area is 189 Å². The molecule has 0 unspecified atom stereocenters. The average Bonchev–Trinajstić information content (AvgIpc) is 3.26. The number of carbonyl (C=O) groups excluding carboxylic acids is 1. The summed E-state index contributed by atoms with van der Waals surface area (Å²) in [5, 5.41) is 7.85. The number of nitrogens with zero attached hydrogens (tertiary/aromatic N) is 2. The van der Waals surface area contributed by atoms with Gasteiger partial charge in [-0.25, -0.2) is 13.5 Å². The van der Waals surface area contributed by atoms with Crippen molar-refractivity contribution >= 4 is 16.8 Å². The van der Waals surface area contributed by atoms with Crippen LogP contribution in [0.15, 0.2) is 72.9 Å². The van der Waals surface area contributed by atoms with E-state index in [0.29, 0.717) is 11.5 Å². The van der Waals surface area contributed by atoms with Crippen molar-refractivity contribution in [3.8, 4) is 17.2 Å². The summed E-state index contributed by atoms with van der Waals surface area (Å²) in [5.41, 5.74) is 2.32. The van der Waals surface area contributed by atoms with E-state index in [0.717, 1.165) is 22.2 Å². The molecule has 0 aliphatic heterocycles. The van der Waals surface area contributed by atoms with Crippen molar-refractivity contribution < 1.29 is 23.0 Å². The zero-order chi connectivity index (χ0) is 23.4. The minimum Gasteiger partial charge on any atom is -0.497 e. The van der Waals surface area contributed by atoms with E-state index in [9.17, 15) is 13.6 Å². The second-order valence-electron chi connectivity index (χ2n) is 7.56. The SMILES string of the molecule is COc1cccc([C@H](Oc2ccc3c(cnn3-c3ccc(F)cc3)c2)[C@H](C)NC(=O)CF)c1. The van der Waals surface area contributed by atoms with E-state index in [1.807, 2.05) is 30.3 Å². The molecule has 6 nitrogen and oxygen atoms in total.